The Morgan fingerprint density at radius 1 is 1.04 bits per heavy atom. The number of hydrogen-bond donors (Lipinski definition) is 2. The Morgan fingerprint density at radius 3 is 1.89 bits per heavy atom. The summed E-state index contributed by atoms with van der Waals surface area (Å²) in [4.78, 5) is 12.2. The van der Waals surface area contributed by atoms with E-state index in [2.05, 4.69) is 4.74 Å². The van der Waals surface area contributed by atoms with E-state index in [0.717, 1.165) is 12.1 Å². The summed E-state index contributed by atoms with van der Waals surface area (Å²) in [5, 5.41) is 10.0. The molecule has 28 heavy (non-hydrogen) atoms. The number of carbonyl (C=O) groups is 1. The van der Waals surface area contributed by atoms with Crippen LogP contribution in [0.5, 0.6) is 5.75 Å². The quantitative estimate of drug-likeness (QED) is 0.294. The number of hydrogen-bond acceptors (Lipinski definition) is 5. The molecular weight excluding hydrogens is 420 g/mol. The van der Waals surface area contributed by atoms with Crippen molar-refractivity contribution in [1.29, 1.82) is 0 Å². The van der Waals surface area contributed by atoms with Gasteiger partial charge in [0, 0.05) is 5.56 Å². The monoisotopic (exact) mass is 434 g/mol. The van der Waals surface area contributed by atoms with E-state index >= 15 is 0 Å². The van der Waals surface area contributed by atoms with Crippen molar-refractivity contribution in [2.24, 2.45) is 0 Å². The molecule has 0 unspecified atom stereocenters. The smallest absolute Gasteiger partial charge is 0.438 e. The first-order chi connectivity index (χ1) is 12.5. The summed E-state index contributed by atoms with van der Waals surface area (Å²) in [5.74, 6) is -5.63. The molecule has 156 valence electrons. The first-order valence-corrected chi connectivity index (χ1v) is 9.27. The number of ether oxygens (including phenoxy) is 1. The van der Waals surface area contributed by atoms with E-state index in [1.165, 1.54) is 7.85 Å². The van der Waals surface area contributed by atoms with Crippen LogP contribution in [0.4, 0.5) is 26.3 Å². The van der Waals surface area contributed by atoms with Gasteiger partial charge in [0.25, 0.3) is 10.1 Å². The van der Waals surface area contributed by atoms with Crippen LogP contribution in [-0.2, 0) is 27.5 Å². The molecule has 0 aliphatic heterocycles. The fourth-order valence-corrected chi connectivity index (χ4v) is 3.36. The number of phenolic OH excluding ortho intramolecular Hbond substituents is 1. The lowest BCUT2D eigenvalue weighted by atomic mass is 9.87. The van der Waals surface area contributed by atoms with Gasteiger partial charge in [-0.15, -0.1) is 0 Å². The number of rotatable bonds is 6. The Hall–Kier alpha value is -1.89. The highest BCUT2D eigenvalue weighted by Gasteiger charge is 2.76. The van der Waals surface area contributed by atoms with Crippen LogP contribution in [0.2, 0.25) is 0 Å². The number of alkyl halides is 6. The SMILES string of the molecule is BCc1ccc(C(=O)OC(CS(=O)(=O)O)(C(F)(F)F)C(F)(F)F)c(CB)c1O. The summed E-state index contributed by atoms with van der Waals surface area (Å²) >= 11 is 0. The highest BCUT2D eigenvalue weighted by atomic mass is 32.2. The van der Waals surface area contributed by atoms with Gasteiger partial charge >= 0.3 is 23.9 Å². The van der Waals surface area contributed by atoms with Crippen LogP contribution in [0.25, 0.3) is 0 Å². The van der Waals surface area contributed by atoms with E-state index in [-0.39, 0.29) is 23.8 Å². The summed E-state index contributed by atoms with van der Waals surface area (Å²) in [7, 11) is -2.89. The summed E-state index contributed by atoms with van der Waals surface area (Å²) in [6.07, 6.45) is -12.7. The Morgan fingerprint density at radius 2 is 1.54 bits per heavy atom. The van der Waals surface area contributed by atoms with E-state index in [1.807, 2.05) is 0 Å². The molecule has 0 spiro atoms. The van der Waals surface area contributed by atoms with Gasteiger partial charge in [0.2, 0.25) is 0 Å². The van der Waals surface area contributed by atoms with Crippen molar-refractivity contribution in [2.75, 3.05) is 5.75 Å². The molecule has 2 N–H and O–H groups in total. The van der Waals surface area contributed by atoms with Crippen molar-refractivity contribution in [2.45, 2.75) is 30.6 Å². The van der Waals surface area contributed by atoms with Crippen molar-refractivity contribution >= 4 is 31.8 Å². The molecule has 0 bridgehead atoms. The zero-order valence-corrected chi connectivity index (χ0v) is 15.3. The Balaban J connectivity index is 3.61. The number of carbonyl (C=O) groups excluding carboxylic acids is 1. The third-order valence-electron chi connectivity index (χ3n) is 3.89. The zero-order valence-electron chi connectivity index (χ0n) is 14.5. The molecule has 0 aliphatic carbocycles. The lowest BCUT2D eigenvalue weighted by Gasteiger charge is -2.35. The van der Waals surface area contributed by atoms with Crippen LogP contribution < -0.4 is 0 Å². The van der Waals surface area contributed by atoms with E-state index in [9.17, 15) is 44.7 Å². The average Bonchev–Trinajstić information content (AvgIpc) is 2.50. The average molecular weight is 434 g/mol. The minimum absolute atomic E-state index is 0.145. The largest absolute Gasteiger partial charge is 0.507 e. The highest BCUT2D eigenvalue weighted by molar-refractivity contribution is 7.85. The fraction of sp³-hybridized carbons (Fsp3) is 0.462. The fourth-order valence-electron chi connectivity index (χ4n) is 2.46. The van der Waals surface area contributed by atoms with Crippen LogP contribution in [0.1, 0.15) is 21.5 Å². The van der Waals surface area contributed by atoms with E-state index in [0.29, 0.717) is 0 Å². The molecule has 0 atom stereocenters. The minimum Gasteiger partial charge on any atom is -0.507 e. The molecule has 0 saturated heterocycles. The molecular formula is C13H14B2F6O6S. The first kappa shape index (κ1) is 24.1. The maximum Gasteiger partial charge on any atom is 0.438 e. The summed E-state index contributed by atoms with van der Waals surface area (Å²) in [5.41, 5.74) is -6.29. The summed E-state index contributed by atoms with van der Waals surface area (Å²) in [6.45, 7) is 0. The van der Waals surface area contributed by atoms with E-state index in [4.69, 9.17) is 4.55 Å². The molecule has 0 amide bonds. The predicted molar refractivity (Wildman–Crippen MR) is 89.3 cm³/mol. The maximum atomic E-state index is 13.2. The molecule has 0 aromatic heterocycles. The van der Waals surface area contributed by atoms with Crippen LogP contribution in [0.3, 0.4) is 0 Å². The molecule has 1 aromatic rings. The van der Waals surface area contributed by atoms with Crippen molar-refractivity contribution in [1.82, 2.24) is 0 Å². The maximum absolute atomic E-state index is 13.2. The summed E-state index contributed by atoms with van der Waals surface area (Å²) in [6, 6.07) is 1.97. The van der Waals surface area contributed by atoms with Crippen LogP contribution >= 0.6 is 0 Å². The lowest BCUT2D eigenvalue weighted by Crippen LogP contribution is -2.63. The second-order valence-electron chi connectivity index (χ2n) is 5.74. The van der Waals surface area contributed by atoms with Gasteiger partial charge in [0.05, 0.1) is 5.56 Å². The Bertz CT molecular complexity index is 838. The molecule has 15 heteroatoms. The normalized spacial score (nSPS) is 13.4. The van der Waals surface area contributed by atoms with Gasteiger partial charge in [0.1, 0.15) is 27.2 Å². The number of esters is 1. The molecule has 0 saturated carbocycles. The van der Waals surface area contributed by atoms with Crippen LogP contribution in [0, 0.1) is 0 Å². The predicted octanol–water partition coefficient (Wildman–Crippen LogP) is 0.566. The Labute approximate surface area is 157 Å². The van der Waals surface area contributed by atoms with Crippen molar-refractivity contribution in [3.63, 3.8) is 0 Å². The Kier molecular flexibility index (Phi) is 6.77. The molecule has 1 rings (SSSR count). The molecule has 1 aromatic carbocycles. The van der Waals surface area contributed by atoms with Crippen molar-refractivity contribution in [3.05, 3.63) is 28.8 Å². The molecule has 0 fully saturated rings. The van der Waals surface area contributed by atoms with E-state index in [1.54, 1.807) is 7.85 Å². The minimum atomic E-state index is -6.42. The second kappa shape index (κ2) is 7.85. The lowest BCUT2D eigenvalue weighted by molar-refractivity contribution is -0.356. The molecule has 0 aliphatic rings. The zero-order chi connectivity index (χ0) is 22.1. The number of halogens is 6. The van der Waals surface area contributed by atoms with Crippen LogP contribution in [-0.4, -0.2) is 63.4 Å². The van der Waals surface area contributed by atoms with Gasteiger partial charge in [-0.25, -0.2) is 4.79 Å². The number of aromatic hydroxyl groups is 1. The van der Waals surface area contributed by atoms with Gasteiger partial charge in [-0.1, -0.05) is 18.7 Å². The van der Waals surface area contributed by atoms with Gasteiger partial charge in [-0.2, -0.15) is 34.8 Å². The molecule has 0 heterocycles. The molecule has 6 nitrogen and oxygen atoms in total. The number of phenols is 1. The van der Waals surface area contributed by atoms with Crippen molar-refractivity contribution < 1.29 is 54.0 Å². The topological polar surface area (TPSA) is 101 Å². The van der Waals surface area contributed by atoms with Gasteiger partial charge in [0.15, 0.2) is 0 Å². The molecule has 0 radical (unpaired) electrons. The van der Waals surface area contributed by atoms with Gasteiger partial charge < -0.3 is 9.84 Å². The first-order valence-electron chi connectivity index (χ1n) is 7.66. The van der Waals surface area contributed by atoms with Gasteiger partial charge in [-0.3, -0.25) is 4.55 Å². The highest BCUT2D eigenvalue weighted by Crippen LogP contribution is 2.47. The standard InChI is InChI=1S/C13H14B2F6O6S/c14-3-6-1-2-7(8(4-15)9(6)22)10(23)27-11(12(16,17)18,13(19,20)21)5-28(24,25)26/h1-2,22H,3-5,14-15H2,(H,24,25,26). The van der Waals surface area contributed by atoms with E-state index < -0.39 is 51.1 Å². The second-order valence-corrected chi connectivity index (χ2v) is 7.20. The summed E-state index contributed by atoms with van der Waals surface area (Å²) < 4.78 is 113. The third-order valence-corrected chi connectivity index (χ3v) is 4.66. The third kappa shape index (κ3) is 4.74. The van der Waals surface area contributed by atoms with Crippen molar-refractivity contribution in [3.8, 4) is 5.75 Å². The number of benzene rings is 1. The van der Waals surface area contributed by atoms with Gasteiger partial charge in [-0.05, 0) is 11.6 Å². The van der Waals surface area contributed by atoms with Crippen LogP contribution in [0.15, 0.2) is 12.1 Å².